The van der Waals surface area contributed by atoms with E-state index in [1.165, 1.54) is 0 Å². The first kappa shape index (κ1) is 10.3. The second-order valence-corrected chi connectivity index (χ2v) is 3.47. The van der Waals surface area contributed by atoms with E-state index in [1.807, 2.05) is 32.0 Å². The Morgan fingerprint density at radius 3 is 2.77 bits per heavy atom. The molecular weight excluding hydrogens is 184 g/mol. The van der Waals surface area contributed by atoms with Crippen LogP contribution in [0.1, 0.15) is 29.5 Å². The van der Waals surface area contributed by atoms with Crippen LogP contribution in [0.25, 0.3) is 0 Å². The first-order valence-corrected chi connectivity index (χ1v) is 4.83. The van der Waals surface area contributed by atoms with E-state index in [0.717, 1.165) is 23.0 Å². The van der Waals surface area contributed by atoms with Crippen LogP contribution in [0.4, 0.5) is 0 Å². The van der Waals surface area contributed by atoms with E-state index < -0.39 is 0 Å². The van der Waals surface area contributed by atoms with Gasteiger partial charge < -0.3 is 4.79 Å². The molecule has 1 aromatic rings. The molecule has 0 fully saturated rings. The van der Waals surface area contributed by atoms with Crippen molar-refractivity contribution in [2.24, 2.45) is 0 Å². The molecule has 0 bridgehead atoms. The Morgan fingerprint density at radius 2 is 2.23 bits per heavy atom. The Morgan fingerprint density at radius 1 is 1.54 bits per heavy atom. The molecule has 13 heavy (non-hydrogen) atoms. The van der Waals surface area contributed by atoms with Crippen molar-refractivity contribution < 1.29 is 4.79 Å². The summed E-state index contributed by atoms with van der Waals surface area (Å²) in [5.41, 5.74) is 3.29. The Balaban J connectivity index is 3.19. The van der Waals surface area contributed by atoms with Crippen molar-refractivity contribution >= 4 is 17.9 Å². The monoisotopic (exact) mass is 196 g/mol. The molecule has 1 unspecified atom stereocenters. The van der Waals surface area contributed by atoms with Gasteiger partial charge in [-0.05, 0) is 23.6 Å². The van der Waals surface area contributed by atoms with Crippen LogP contribution in [0, 0.1) is 6.92 Å². The molecule has 1 rings (SSSR count). The molecule has 2 heteroatoms. The molecule has 0 aliphatic rings. The second kappa shape index (κ2) is 4.43. The maximum Gasteiger partial charge on any atom is 0.127 e. The van der Waals surface area contributed by atoms with Gasteiger partial charge in [0.25, 0.3) is 0 Å². The van der Waals surface area contributed by atoms with Crippen molar-refractivity contribution in [3.8, 4) is 0 Å². The van der Waals surface area contributed by atoms with E-state index in [0.29, 0.717) is 5.88 Å². The summed E-state index contributed by atoms with van der Waals surface area (Å²) in [5, 5.41) is 0. The molecule has 0 aliphatic carbocycles. The number of alkyl halides is 1. The fourth-order valence-electron chi connectivity index (χ4n) is 1.41. The van der Waals surface area contributed by atoms with Gasteiger partial charge in [0.05, 0.1) is 0 Å². The van der Waals surface area contributed by atoms with Gasteiger partial charge in [-0.1, -0.05) is 25.1 Å². The summed E-state index contributed by atoms with van der Waals surface area (Å²) in [4.78, 5) is 10.6. The van der Waals surface area contributed by atoms with Crippen molar-refractivity contribution in [1.82, 2.24) is 0 Å². The normalized spacial score (nSPS) is 12.5. The van der Waals surface area contributed by atoms with Crippen LogP contribution in [0.15, 0.2) is 18.2 Å². The maximum absolute atomic E-state index is 10.6. The molecule has 0 radical (unpaired) electrons. The molecule has 0 saturated heterocycles. The molecule has 0 N–H and O–H groups in total. The number of aldehydes is 1. The smallest absolute Gasteiger partial charge is 0.127 e. The molecule has 0 spiro atoms. The molecule has 1 nitrogen and oxygen atoms in total. The van der Waals surface area contributed by atoms with Gasteiger partial charge in [-0.15, -0.1) is 11.6 Å². The third-order valence-electron chi connectivity index (χ3n) is 2.27. The van der Waals surface area contributed by atoms with Crippen LogP contribution in [0.2, 0.25) is 0 Å². The average molecular weight is 197 g/mol. The SMILES string of the molecule is Cc1cccc(C(C)C=O)c1CCl. The van der Waals surface area contributed by atoms with Gasteiger partial charge in [0, 0.05) is 11.8 Å². The zero-order chi connectivity index (χ0) is 9.84. The van der Waals surface area contributed by atoms with Gasteiger partial charge in [-0.2, -0.15) is 0 Å². The van der Waals surface area contributed by atoms with Gasteiger partial charge in [0.1, 0.15) is 6.29 Å². The van der Waals surface area contributed by atoms with E-state index in [4.69, 9.17) is 11.6 Å². The van der Waals surface area contributed by atoms with Gasteiger partial charge >= 0.3 is 0 Å². The highest BCUT2D eigenvalue weighted by atomic mass is 35.5. The highest BCUT2D eigenvalue weighted by Gasteiger charge is 2.10. The summed E-state index contributed by atoms with van der Waals surface area (Å²) in [6, 6.07) is 5.93. The van der Waals surface area contributed by atoms with Gasteiger partial charge in [-0.25, -0.2) is 0 Å². The van der Waals surface area contributed by atoms with E-state index in [-0.39, 0.29) is 5.92 Å². The van der Waals surface area contributed by atoms with Crippen LogP contribution in [0.5, 0.6) is 0 Å². The predicted octanol–water partition coefficient (Wildman–Crippen LogP) is 3.04. The molecule has 0 saturated carbocycles. The number of rotatable bonds is 3. The van der Waals surface area contributed by atoms with E-state index in [1.54, 1.807) is 0 Å². The summed E-state index contributed by atoms with van der Waals surface area (Å²) in [5.74, 6) is 0.411. The zero-order valence-electron chi connectivity index (χ0n) is 7.88. The van der Waals surface area contributed by atoms with Crippen LogP contribution < -0.4 is 0 Å². The third-order valence-corrected chi connectivity index (χ3v) is 2.54. The van der Waals surface area contributed by atoms with E-state index in [9.17, 15) is 4.79 Å². The van der Waals surface area contributed by atoms with Crippen LogP contribution in [-0.4, -0.2) is 6.29 Å². The minimum Gasteiger partial charge on any atom is -0.303 e. The van der Waals surface area contributed by atoms with Crippen molar-refractivity contribution in [3.63, 3.8) is 0 Å². The zero-order valence-corrected chi connectivity index (χ0v) is 8.64. The summed E-state index contributed by atoms with van der Waals surface area (Å²) in [6.07, 6.45) is 0.949. The van der Waals surface area contributed by atoms with Gasteiger partial charge in [0.2, 0.25) is 0 Å². The number of benzene rings is 1. The molecule has 1 aromatic carbocycles. The first-order valence-electron chi connectivity index (χ1n) is 4.30. The summed E-state index contributed by atoms with van der Waals surface area (Å²) < 4.78 is 0. The number of carbonyl (C=O) groups excluding carboxylic acids is 1. The molecule has 0 aromatic heterocycles. The Hall–Kier alpha value is -0.820. The van der Waals surface area contributed by atoms with Crippen molar-refractivity contribution in [3.05, 3.63) is 34.9 Å². The molecule has 0 heterocycles. The van der Waals surface area contributed by atoms with Crippen LogP contribution in [-0.2, 0) is 10.7 Å². The van der Waals surface area contributed by atoms with Crippen molar-refractivity contribution in [2.75, 3.05) is 0 Å². The lowest BCUT2D eigenvalue weighted by atomic mass is 9.94. The highest BCUT2D eigenvalue weighted by molar-refractivity contribution is 6.17. The molecule has 0 aliphatic heterocycles. The van der Waals surface area contributed by atoms with Gasteiger partial charge in [0.15, 0.2) is 0 Å². The Labute approximate surface area is 83.7 Å². The lowest BCUT2D eigenvalue weighted by molar-refractivity contribution is -0.108. The molecule has 70 valence electrons. The first-order chi connectivity index (χ1) is 6.20. The second-order valence-electron chi connectivity index (χ2n) is 3.20. The van der Waals surface area contributed by atoms with Crippen LogP contribution in [0.3, 0.4) is 0 Å². The quantitative estimate of drug-likeness (QED) is 0.537. The fourth-order valence-corrected chi connectivity index (χ4v) is 1.77. The van der Waals surface area contributed by atoms with E-state index >= 15 is 0 Å². The predicted molar refractivity (Wildman–Crippen MR) is 55.2 cm³/mol. The third kappa shape index (κ3) is 2.10. The summed E-state index contributed by atoms with van der Waals surface area (Å²) >= 11 is 5.82. The maximum atomic E-state index is 10.6. The minimum absolute atomic E-state index is 0.0614. The molecular formula is C11H13ClO. The number of carbonyl (C=O) groups is 1. The van der Waals surface area contributed by atoms with Crippen LogP contribution >= 0.6 is 11.6 Å². The lowest BCUT2D eigenvalue weighted by Gasteiger charge is -2.11. The largest absolute Gasteiger partial charge is 0.303 e. The van der Waals surface area contributed by atoms with E-state index in [2.05, 4.69) is 0 Å². The lowest BCUT2D eigenvalue weighted by Crippen LogP contribution is -2.00. The Kier molecular flexibility index (Phi) is 3.49. The topological polar surface area (TPSA) is 17.1 Å². The molecule has 0 amide bonds. The number of aryl methyl sites for hydroxylation is 1. The average Bonchev–Trinajstić information content (AvgIpc) is 2.16. The minimum atomic E-state index is -0.0614. The van der Waals surface area contributed by atoms with Crippen molar-refractivity contribution in [2.45, 2.75) is 25.6 Å². The number of halogens is 1. The fraction of sp³-hybridized carbons (Fsp3) is 0.364. The highest BCUT2D eigenvalue weighted by Crippen LogP contribution is 2.22. The number of hydrogen-bond donors (Lipinski definition) is 0. The molecule has 1 atom stereocenters. The summed E-state index contributed by atoms with van der Waals surface area (Å²) in [7, 11) is 0. The Bertz CT molecular complexity index is 307. The number of hydrogen-bond acceptors (Lipinski definition) is 1. The standard InChI is InChI=1S/C11H13ClO/c1-8-4-3-5-10(9(2)7-13)11(8)6-12/h3-5,7,9H,6H2,1-2H3. The summed E-state index contributed by atoms with van der Waals surface area (Å²) in [6.45, 7) is 3.90. The van der Waals surface area contributed by atoms with Crippen molar-refractivity contribution in [1.29, 1.82) is 0 Å². The van der Waals surface area contributed by atoms with Gasteiger partial charge in [-0.3, -0.25) is 0 Å².